The first kappa shape index (κ1) is 7.60. The van der Waals surface area contributed by atoms with E-state index in [1.54, 1.807) is 6.08 Å². The van der Waals surface area contributed by atoms with Crippen molar-refractivity contribution in [2.45, 2.75) is 0 Å². The number of H-pyrrole nitrogens is 1. The summed E-state index contributed by atoms with van der Waals surface area (Å²) < 4.78 is 1.18. The first-order chi connectivity index (χ1) is 4.79. The molecule has 2 heteroatoms. The van der Waals surface area contributed by atoms with Gasteiger partial charge in [0.05, 0.1) is 0 Å². The highest BCUT2D eigenvalue weighted by molar-refractivity contribution is 14.1. The van der Waals surface area contributed by atoms with E-state index in [0.29, 0.717) is 0 Å². The minimum atomic E-state index is 1.04. The Labute approximate surface area is 74.0 Å². The van der Waals surface area contributed by atoms with Gasteiger partial charge in [0.2, 0.25) is 0 Å². The lowest BCUT2D eigenvalue weighted by Crippen LogP contribution is -1.74. The number of rotatable bonds is 2. The van der Waals surface area contributed by atoms with E-state index in [4.69, 9.17) is 0 Å². The molecule has 1 heterocycles. The molecule has 0 atom stereocenters. The number of nitrogens with one attached hydrogen (secondary N) is 1. The van der Waals surface area contributed by atoms with Crippen LogP contribution in [0.15, 0.2) is 19.4 Å². The number of hydrogen-bond acceptors (Lipinski definition) is 0. The molecule has 0 aliphatic rings. The Balaban J connectivity index is 3.25. The van der Waals surface area contributed by atoms with Gasteiger partial charge in [-0.25, -0.2) is 0 Å². The molecule has 1 aromatic rings. The summed E-state index contributed by atoms with van der Waals surface area (Å²) in [5.74, 6) is 0. The van der Waals surface area contributed by atoms with Crippen molar-refractivity contribution in [1.82, 2.24) is 4.98 Å². The maximum Gasteiger partial charge on any atom is 0.0458 e. The minimum absolute atomic E-state index is 1.04. The van der Waals surface area contributed by atoms with E-state index in [1.165, 1.54) is 3.57 Å². The summed E-state index contributed by atoms with van der Waals surface area (Å²) >= 11 is 2.25. The molecule has 1 rings (SSSR count). The van der Waals surface area contributed by atoms with Crippen LogP contribution in [0.3, 0.4) is 0 Å². The topological polar surface area (TPSA) is 15.8 Å². The Hall–Kier alpha value is -0.510. The van der Waals surface area contributed by atoms with Gasteiger partial charge < -0.3 is 4.98 Å². The van der Waals surface area contributed by atoms with Crippen LogP contribution in [0.4, 0.5) is 0 Å². The highest BCUT2D eigenvalue weighted by Crippen LogP contribution is 2.17. The fraction of sp³-hybridized carbons (Fsp3) is 0. The number of aromatic amines is 1. The van der Waals surface area contributed by atoms with Gasteiger partial charge in [0, 0.05) is 21.0 Å². The summed E-state index contributed by atoms with van der Waals surface area (Å²) in [7, 11) is 0. The van der Waals surface area contributed by atoms with Crippen LogP contribution in [0.1, 0.15) is 11.3 Å². The monoisotopic (exact) mass is 245 g/mol. The Morgan fingerprint density at radius 2 is 2.10 bits per heavy atom. The van der Waals surface area contributed by atoms with Crippen molar-refractivity contribution in [2.24, 2.45) is 0 Å². The third kappa shape index (κ3) is 1.16. The molecule has 0 fully saturated rings. The molecule has 0 amide bonds. The smallest absolute Gasteiger partial charge is 0.0458 e. The molecule has 10 heavy (non-hydrogen) atoms. The summed E-state index contributed by atoms with van der Waals surface area (Å²) in [5, 5.41) is 0. The van der Waals surface area contributed by atoms with Crippen LogP contribution in [0.2, 0.25) is 0 Å². The van der Waals surface area contributed by atoms with E-state index in [-0.39, 0.29) is 0 Å². The third-order valence-electron chi connectivity index (χ3n) is 1.31. The van der Waals surface area contributed by atoms with Gasteiger partial charge in [0.15, 0.2) is 0 Å². The fourth-order valence-corrected chi connectivity index (χ4v) is 1.47. The second-order valence-electron chi connectivity index (χ2n) is 1.87. The van der Waals surface area contributed by atoms with E-state index in [9.17, 15) is 0 Å². The van der Waals surface area contributed by atoms with Crippen LogP contribution >= 0.6 is 22.6 Å². The van der Waals surface area contributed by atoms with Crippen molar-refractivity contribution in [1.29, 1.82) is 0 Å². The molecule has 0 unspecified atom stereocenters. The third-order valence-corrected chi connectivity index (χ3v) is 2.20. The molecule has 0 bridgehead atoms. The lowest BCUT2D eigenvalue weighted by Gasteiger charge is -1.89. The van der Waals surface area contributed by atoms with E-state index in [1.807, 2.05) is 12.3 Å². The molecule has 1 N–H and O–H groups in total. The van der Waals surface area contributed by atoms with E-state index >= 15 is 0 Å². The average Bonchev–Trinajstić information content (AvgIpc) is 2.30. The standard InChI is InChI=1S/C8H8IN/c1-3-6-7(9)5-10-8(6)4-2/h3-5,10H,1-2H2. The van der Waals surface area contributed by atoms with Gasteiger partial charge >= 0.3 is 0 Å². The molecule has 0 radical (unpaired) electrons. The van der Waals surface area contributed by atoms with Crippen LogP contribution in [0.5, 0.6) is 0 Å². The molecule has 0 aliphatic carbocycles. The normalized spacial score (nSPS) is 9.30. The summed E-state index contributed by atoms with van der Waals surface area (Å²) in [5.41, 5.74) is 2.18. The highest BCUT2D eigenvalue weighted by atomic mass is 127. The molecule has 0 saturated heterocycles. The molecule has 0 saturated carbocycles. The Bertz CT molecular complexity index is 260. The van der Waals surface area contributed by atoms with Gasteiger partial charge in [0.25, 0.3) is 0 Å². The summed E-state index contributed by atoms with van der Waals surface area (Å²) in [6.07, 6.45) is 5.56. The zero-order valence-electron chi connectivity index (χ0n) is 5.52. The summed E-state index contributed by atoms with van der Waals surface area (Å²) in [4.78, 5) is 3.08. The lowest BCUT2D eigenvalue weighted by molar-refractivity contribution is 1.37. The van der Waals surface area contributed by atoms with Crippen molar-refractivity contribution in [3.8, 4) is 0 Å². The number of aromatic nitrogens is 1. The maximum atomic E-state index is 3.70. The first-order valence-corrected chi connectivity index (χ1v) is 3.99. The Morgan fingerprint density at radius 1 is 1.40 bits per heavy atom. The number of halogens is 1. The Morgan fingerprint density at radius 3 is 2.50 bits per heavy atom. The van der Waals surface area contributed by atoms with E-state index in [2.05, 4.69) is 40.7 Å². The van der Waals surface area contributed by atoms with Gasteiger partial charge in [-0.1, -0.05) is 19.2 Å². The van der Waals surface area contributed by atoms with E-state index in [0.717, 1.165) is 11.3 Å². The van der Waals surface area contributed by atoms with Crippen molar-refractivity contribution in [3.05, 3.63) is 34.2 Å². The van der Waals surface area contributed by atoms with Gasteiger partial charge in [-0.05, 0) is 28.7 Å². The maximum absolute atomic E-state index is 3.70. The van der Waals surface area contributed by atoms with Gasteiger partial charge in [0.1, 0.15) is 0 Å². The Kier molecular flexibility index (Phi) is 2.32. The van der Waals surface area contributed by atoms with Crippen LogP contribution in [-0.2, 0) is 0 Å². The molecule has 1 nitrogen and oxygen atoms in total. The van der Waals surface area contributed by atoms with Crippen LogP contribution < -0.4 is 0 Å². The zero-order chi connectivity index (χ0) is 7.56. The molecule has 1 aromatic heterocycles. The van der Waals surface area contributed by atoms with Crippen molar-refractivity contribution in [2.75, 3.05) is 0 Å². The average molecular weight is 245 g/mol. The second-order valence-corrected chi connectivity index (χ2v) is 3.03. The molecule has 0 spiro atoms. The largest absolute Gasteiger partial charge is 0.360 e. The van der Waals surface area contributed by atoms with Gasteiger partial charge in [-0.3, -0.25) is 0 Å². The number of hydrogen-bond donors (Lipinski definition) is 1. The first-order valence-electron chi connectivity index (χ1n) is 2.91. The van der Waals surface area contributed by atoms with Crippen molar-refractivity contribution in [3.63, 3.8) is 0 Å². The SMILES string of the molecule is C=Cc1[nH]cc(I)c1C=C. The van der Waals surface area contributed by atoms with E-state index < -0.39 is 0 Å². The minimum Gasteiger partial charge on any atom is -0.360 e. The fourth-order valence-electron chi connectivity index (χ4n) is 0.802. The quantitative estimate of drug-likeness (QED) is 0.771. The van der Waals surface area contributed by atoms with Crippen LogP contribution in [0, 0.1) is 3.57 Å². The van der Waals surface area contributed by atoms with Gasteiger partial charge in [-0.15, -0.1) is 0 Å². The van der Waals surface area contributed by atoms with Gasteiger partial charge in [-0.2, -0.15) is 0 Å². The molecule has 0 aliphatic heterocycles. The highest BCUT2D eigenvalue weighted by Gasteiger charge is 2.00. The lowest BCUT2D eigenvalue weighted by atomic mass is 10.2. The molecule has 0 aromatic carbocycles. The molecular weight excluding hydrogens is 237 g/mol. The van der Waals surface area contributed by atoms with Crippen LogP contribution in [-0.4, -0.2) is 4.98 Å². The van der Waals surface area contributed by atoms with Crippen molar-refractivity contribution >= 4 is 34.7 Å². The zero-order valence-corrected chi connectivity index (χ0v) is 7.68. The summed E-state index contributed by atoms with van der Waals surface area (Å²) in [6.45, 7) is 7.37. The van der Waals surface area contributed by atoms with Crippen LogP contribution in [0.25, 0.3) is 12.2 Å². The molecular formula is C8H8IN. The molecule has 52 valence electrons. The van der Waals surface area contributed by atoms with Crippen molar-refractivity contribution < 1.29 is 0 Å². The predicted molar refractivity (Wildman–Crippen MR) is 53.7 cm³/mol. The summed E-state index contributed by atoms with van der Waals surface area (Å²) in [6, 6.07) is 0. The second kappa shape index (κ2) is 3.05. The predicted octanol–water partition coefficient (Wildman–Crippen LogP) is 2.91.